The van der Waals surface area contributed by atoms with Crippen LogP contribution in [0.3, 0.4) is 0 Å². The topological polar surface area (TPSA) is 23.5 Å². The van der Waals surface area contributed by atoms with Crippen molar-refractivity contribution >= 4 is 27.3 Å². The lowest BCUT2D eigenvalue weighted by atomic mass is 9.98. The van der Waals surface area contributed by atoms with Crippen LogP contribution >= 0.6 is 27.3 Å². The Morgan fingerprint density at radius 3 is 2.56 bits per heavy atom. The molecular formula is C14H16BrNOS. The second-order valence-electron chi connectivity index (χ2n) is 4.51. The van der Waals surface area contributed by atoms with Crippen LogP contribution in [0.5, 0.6) is 0 Å². The summed E-state index contributed by atoms with van der Waals surface area (Å²) in [5.41, 5.74) is 3.07. The second-order valence-corrected chi connectivity index (χ2v) is 6.11. The maximum Gasteiger partial charge on any atom is 0.106 e. The van der Waals surface area contributed by atoms with E-state index in [9.17, 15) is 5.11 Å². The van der Waals surface area contributed by atoms with Crippen molar-refractivity contribution < 1.29 is 5.11 Å². The Balaban J connectivity index is 2.36. The van der Waals surface area contributed by atoms with Gasteiger partial charge in [0.1, 0.15) is 6.10 Å². The molecule has 0 saturated carbocycles. The minimum absolute atomic E-state index is 0.568. The maximum atomic E-state index is 10.5. The molecule has 0 amide bonds. The van der Waals surface area contributed by atoms with E-state index >= 15 is 0 Å². The summed E-state index contributed by atoms with van der Waals surface area (Å²) in [5, 5.41) is 14.5. The maximum absolute atomic E-state index is 10.5. The van der Waals surface area contributed by atoms with E-state index < -0.39 is 6.10 Å². The average molecular weight is 326 g/mol. The van der Waals surface area contributed by atoms with Gasteiger partial charge in [-0.1, -0.05) is 24.3 Å². The zero-order valence-corrected chi connectivity index (χ0v) is 12.8. The van der Waals surface area contributed by atoms with E-state index in [0.29, 0.717) is 0 Å². The van der Waals surface area contributed by atoms with Gasteiger partial charge >= 0.3 is 0 Å². The molecule has 0 aliphatic heterocycles. The molecule has 1 aromatic carbocycles. The Morgan fingerprint density at radius 2 is 1.94 bits per heavy atom. The van der Waals surface area contributed by atoms with Gasteiger partial charge in [0.25, 0.3) is 0 Å². The lowest BCUT2D eigenvalue weighted by Crippen LogP contribution is -2.14. The van der Waals surface area contributed by atoms with Crippen molar-refractivity contribution in [2.75, 3.05) is 14.1 Å². The SMILES string of the molecule is CN(C)Cc1ccccc1C(O)c1cscc1Br. The predicted molar refractivity (Wildman–Crippen MR) is 79.9 cm³/mol. The zero-order chi connectivity index (χ0) is 13.1. The fourth-order valence-electron chi connectivity index (χ4n) is 1.94. The van der Waals surface area contributed by atoms with Crippen LogP contribution in [-0.4, -0.2) is 24.1 Å². The van der Waals surface area contributed by atoms with E-state index in [1.807, 2.05) is 43.1 Å². The van der Waals surface area contributed by atoms with E-state index in [-0.39, 0.29) is 0 Å². The van der Waals surface area contributed by atoms with Crippen LogP contribution in [0.1, 0.15) is 22.8 Å². The van der Waals surface area contributed by atoms with Gasteiger partial charge in [-0.2, -0.15) is 11.3 Å². The molecule has 0 aliphatic rings. The molecular weight excluding hydrogens is 310 g/mol. The highest BCUT2D eigenvalue weighted by atomic mass is 79.9. The van der Waals surface area contributed by atoms with Crippen LogP contribution in [0.4, 0.5) is 0 Å². The summed E-state index contributed by atoms with van der Waals surface area (Å²) >= 11 is 5.07. The lowest BCUT2D eigenvalue weighted by molar-refractivity contribution is 0.217. The molecule has 18 heavy (non-hydrogen) atoms. The van der Waals surface area contributed by atoms with E-state index in [2.05, 4.69) is 26.9 Å². The first-order valence-corrected chi connectivity index (χ1v) is 7.45. The van der Waals surface area contributed by atoms with Crippen LogP contribution in [-0.2, 0) is 6.54 Å². The molecule has 2 nitrogen and oxygen atoms in total. The molecule has 0 fully saturated rings. The summed E-state index contributed by atoms with van der Waals surface area (Å²) in [6.45, 7) is 0.828. The van der Waals surface area contributed by atoms with Crippen LogP contribution < -0.4 is 0 Å². The molecule has 0 aliphatic carbocycles. The minimum atomic E-state index is -0.568. The number of nitrogens with zero attached hydrogens (tertiary/aromatic N) is 1. The van der Waals surface area contributed by atoms with Gasteiger partial charge in [0.15, 0.2) is 0 Å². The molecule has 2 aromatic rings. The smallest absolute Gasteiger partial charge is 0.106 e. The molecule has 1 unspecified atom stereocenters. The third kappa shape index (κ3) is 3.01. The molecule has 0 saturated heterocycles. The summed E-state index contributed by atoms with van der Waals surface area (Å²) < 4.78 is 0.972. The van der Waals surface area contributed by atoms with Crippen LogP contribution in [0.2, 0.25) is 0 Å². The van der Waals surface area contributed by atoms with Crippen molar-refractivity contribution in [1.82, 2.24) is 4.90 Å². The molecule has 96 valence electrons. The number of benzene rings is 1. The third-order valence-electron chi connectivity index (χ3n) is 2.77. The normalized spacial score (nSPS) is 12.9. The second kappa shape index (κ2) is 5.97. The summed E-state index contributed by atoms with van der Waals surface area (Å²) in [4.78, 5) is 2.11. The average Bonchev–Trinajstić information content (AvgIpc) is 2.74. The molecule has 0 bridgehead atoms. The third-order valence-corrected chi connectivity index (χ3v) is 4.52. The molecule has 1 N–H and O–H groups in total. The molecule has 0 radical (unpaired) electrons. The highest BCUT2D eigenvalue weighted by molar-refractivity contribution is 9.10. The summed E-state index contributed by atoms with van der Waals surface area (Å²) in [6, 6.07) is 8.04. The van der Waals surface area contributed by atoms with Crippen LogP contribution in [0, 0.1) is 0 Å². The lowest BCUT2D eigenvalue weighted by Gasteiger charge is -2.18. The van der Waals surface area contributed by atoms with Gasteiger partial charge in [-0.3, -0.25) is 0 Å². The number of halogens is 1. The largest absolute Gasteiger partial charge is 0.384 e. The molecule has 2 rings (SSSR count). The molecule has 0 spiro atoms. The summed E-state index contributed by atoms with van der Waals surface area (Å²) in [5.74, 6) is 0. The standard InChI is InChI=1S/C14H16BrNOS/c1-16(2)7-10-5-3-4-6-11(10)14(17)12-8-18-9-13(12)15/h3-6,8-9,14,17H,7H2,1-2H3. The van der Waals surface area contributed by atoms with Gasteiger partial charge in [-0.25, -0.2) is 0 Å². The van der Waals surface area contributed by atoms with Crippen molar-refractivity contribution in [3.63, 3.8) is 0 Å². The van der Waals surface area contributed by atoms with Gasteiger partial charge in [0.2, 0.25) is 0 Å². The minimum Gasteiger partial charge on any atom is -0.384 e. The quantitative estimate of drug-likeness (QED) is 0.927. The number of thiophene rings is 1. The monoisotopic (exact) mass is 325 g/mol. The Hall–Kier alpha value is -0.680. The Morgan fingerprint density at radius 1 is 1.22 bits per heavy atom. The number of hydrogen-bond donors (Lipinski definition) is 1. The number of aliphatic hydroxyl groups excluding tert-OH is 1. The number of aliphatic hydroxyl groups is 1. The first-order chi connectivity index (χ1) is 8.59. The van der Waals surface area contributed by atoms with Crippen LogP contribution in [0.15, 0.2) is 39.5 Å². The molecule has 1 heterocycles. The van der Waals surface area contributed by atoms with E-state index in [0.717, 1.165) is 27.7 Å². The first-order valence-electron chi connectivity index (χ1n) is 5.71. The Labute approximate surface area is 120 Å². The van der Waals surface area contributed by atoms with Gasteiger partial charge < -0.3 is 10.0 Å². The van der Waals surface area contributed by atoms with E-state index in [1.165, 1.54) is 0 Å². The summed E-state index contributed by atoms with van der Waals surface area (Å²) in [6.07, 6.45) is -0.568. The van der Waals surface area contributed by atoms with Crippen molar-refractivity contribution in [2.45, 2.75) is 12.6 Å². The molecule has 4 heteroatoms. The van der Waals surface area contributed by atoms with Crippen LogP contribution in [0.25, 0.3) is 0 Å². The van der Waals surface area contributed by atoms with Crippen molar-refractivity contribution in [2.24, 2.45) is 0 Å². The fourth-order valence-corrected chi connectivity index (χ4v) is 3.47. The van der Waals surface area contributed by atoms with Crippen molar-refractivity contribution in [3.8, 4) is 0 Å². The van der Waals surface area contributed by atoms with Gasteiger partial charge in [0, 0.05) is 22.0 Å². The fraction of sp³-hybridized carbons (Fsp3) is 0.286. The Kier molecular flexibility index (Phi) is 4.56. The molecule has 1 aromatic heterocycles. The van der Waals surface area contributed by atoms with E-state index in [1.54, 1.807) is 11.3 Å². The predicted octanol–water partition coefficient (Wildman–Crippen LogP) is 3.65. The molecule has 1 atom stereocenters. The zero-order valence-electron chi connectivity index (χ0n) is 10.4. The van der Waals surface area contributed by atoms with Gasteiger partial charge in [0.05, 0.1) is 0 Å². The number of hydrogen-bond acceptors (Lipinski definition) is 3. The van der Waals surface area contributed by atoms with Gasteiger partial charge in [-0.15, -0.1) is 0 Å². The first kappa shape index (κ1) is 13.7. The highest BCUT2D eigenvalue weighted by Gasteiger charge is 2.17. The number of rotatable bonds is 4. The van der Waals surface area contributed by atoms with E-state index in [4.69, 9.17) is 0 Å². The highest BCUT2D eigenvalue weighted by Crippen LogP contribution is 2.33. The van der Waals surface area contributed by atoms with Gasteiger partial charge in [-0.05, 0) is 46.5 Å². The summed E-state index contributed by atoms with van der Waals surface area (Å²) in [7, 11) is 4.06. The van der Waals surface area contributed by atoms with Crippen molar-refractivity contribution in [3.05, 3.63) is 56.2 Å². The van der Waals surface area contributed by atoms with Crippen molar-refractivity contribution in [1.29, 1.82) is 0 Å². The Bertz CT molecular complexity index is 524.